The van der Waals surface area contributed by atoms with Gasteiger partial charge in [0.2, 0.25) is 0 Å². The van der Waals surface area contributed by atoms with E-state index in [1.165, 1.54) is 0 Å². The minimum Gasteiger partial charge on any atom is -0.377 e. The van der Waals surface area contributed by atoms with Crippen LogP contribution in [0.25, 0.3) is 0 Å². The number of primary amides is 1. The maximum absolute atomic E-state index is 12.5. The third-order valence-corrected chi connectivity index (χ3v) is 5.07. The third kappa shape index (κ3) is 2.91. The van der Waals surface area contributed by atoms with Gasteiger partial charge >= 0.3 is 6.03 Å². The molecular weight excluding hydrogens is 294 g/mol. The molecular formula is C17H23N3O3. The average molecular weight is 317 g/mol. The van der Waals surface area contributed by atoms with E-state index in [-0.39, 0.29) is 23.5 Å². The summed E-state index contributed by atoms with van der Waals surface area (Å²) in [6.07, 6.45) is 1.27. The molecule has 124 valence electrons. The number of fused-ring (bicyclic) bond motifs is 1. The van der Waals surface area contributed by atoms with Crippen molar-refractivity contribution < 1.29 is 14.3 Å². The van der Waals surface area contributed by atoms with Crippen LogP contribution in [-0.4, -0.2) is 30.7 Å². The molecule has 3 unspecified atom stereocenters. The van der Waals surface area contributed by atoms with Gasteiger partial charge in [-0.15, -0.1) is 0 Å². The van der Waals surface area contributed by atoms with Crippen molar-refractivity contribution in [1.29, 1.82) is 0 Å². The van der Waals surface area contributed by atoms with Crippen molar-refractivity contribution in [2.24, 2.45) is 17.1 Å². The number of ether oxygens (including phenoxy) is 1. The summed E-state index contributed by atoms with van der Waals surface area (Å²) in [5.41, 5.74) is 6.53. The fraction of sp³-hybridized carbons (Fsp3) is 0.529. The van der Waals surface area contributed by atoms with Gasteiger partial charge in [-0.1, -0.05) is 26.0 Å². The zero-order valence-electron chi connectivity index (χ0n) is 13.5. The van der Waals surface area contributed by atoms with Crippen molar-refractivity contribution in [1.82, 2.24) is 10.6 Å². The number of nitrogens with one attached hydrogen (secondary N) is 2. The van der Waals surface area contributed by atoms with Crippen LogP contribution in [0.1, 0.15) is 36.2 Å². The van der Waals surface area contributed by atoms with Gasteiger partial charge in [0.05, 0.1) is 6.10 Å². The molecule has 0 bridgehead atoms. The summed E-state index contributed by atoms with van der Waals surface area (Å²) in [6.45, 7) is 5.42. The van der Waals surface area contributed by atoms with E-state index in [1.807, 2.05) is 12.1 Å². The lowest BCUT2D eigenvalue weighted by Gasteiger charge is -2.54. The van der Waals surface area contributed by atoms with E-state index in [2.05, 4.69) is 24.5 Å². The molecule has 0 aromatic heterocycles. The normalized spacial score (nSPS) is 27.7. The van der Waals surface area contributed by atoms with Gasteiger partial charge in [-0.3, -0.25) is 4.79 Å². The molecule has 6 heteroatoms. The minimum absolute atomic E-state index is 0.0256. The van der Waals surface area contributed by atoms with Gasteiger partial charge in [0.15, 0.2) is 0 Å². The maximum atomic E-state index is 12.5. The van der Waals surface area contributed by atoms with Crippen molar-refractivity contribution in [3.05, 3.63) is 35.4 Å². The third-order valence-electron chi connectivity index (χ3n) is 5.07. The average Bonchev–Trinajstić information content (AvgIpc) is 2.98. The monoisotopic (exact) mass is 317 g/mol. The second kappa shape index (κ2) is 5.85. The van der Waals surface area contributed by atoms with Crippen LogP contribution in [0.15, 0.2) is 24.3 Å². The summed E-state index contributed by atoms with van der Waals surface area (Å²) < 4.78 is 5.75. The van der Waals surface area contributed by atoms with Crippen molar-refractivity contribution in [3.63, 3.8) is 0 Å². The number of hydrogen-bond donors (Lipinski definition) is 3. The predicted molar refractivity (Wildman–Crippen MR) is 85.7 cm³/mol. The molecule has 0 radical (unpaired) electrons. The number of nitrogens with two attached hydrogens (primary N) is 1. The molecule has 23 heavy (non-hydrogen) atoms. The first-order chi connectivity index (χ1) is 10.9. The van der Waals surface area contributed by atoms with Crippen molar-refractivity contribution in [2.75, 3.05) is 6.61 Å². The predicted octanol–water partition coefficient (Wildman–Crippen LogP) is 1.40. The van der Waals surface area contributed by atoms with Crippen molar-refractivity contribution >= 4 is 11.9 Å². The zero-order valence-corrected chi connectivity index (χ0v) is 13.5. The van der Waals surface area contributed by atoms with Gasteiger partial charge in [-0.2, -0.15) is 0 Å². The molecule has 2 aliphatic rings. The number of benzene rings is 1. The molecule has 0 spiro atoms. The first-order valence-corrected chi connectivity index (χ1v) is 7.94. The Morgan fingerprint density at radius 1 is 1.30 bits per heavy atom. The van der Waals surface area contributed by atoms with Gasteiger partial charge in [0.1, 0.15) is 0 Å². The number of urea groups is 1. The molecule has 3 atom stereocenters. The summed E-state index contributed by atoms with van der Waals surface area (Å²) in [5, 5.41) is 5.68. The Morgan fingerprint density at radius 2 is 2.00 bits per heavy atom. The van der Waals surface area contributed by atoms with E-state index in [0.717, 1.165) is 18.6 Å². The molecule has 3 rings (SSSR count). The van der Waals surface area contributed by atoms with Crippen LogP contribution in [0, 0.1) is 11.3 Å². The number of carbonyl (C=O) groups is 2. The van der Waals surface area contributed by atoms with Crippen LogP contribution in [0.5, 0.6) is 0 Å². The van der Waals surface area contributed by atoms with Crippen LogP contribution in [0.2, 0.25) is 0 Å². The molecule has 1 aromatic rings. The Kier molecular flexibility index (Phi) is 4.02. The Hall–Kier alpha value is -2.08. The van der Waals surface area contributed by atoms with Crippen molar-refractivity contribution in [2.45, 2.75) is 39.0 Å². The van der Waals surface area contributed by atoms with Crippen LogP contribution >= 0.6 is 0 Å². The van der Waals surface area contributed by atoms with E-state index < -0.39 is 6.03 Å². The highest BCUT2D eigenvalue weighted by molar-refractivity contribution is 5.94. The maximum Gasteiger partial charge on any atom is 0.312 e. The summed E-state index contributed by atoms with van der Waals surface area (Å²) in [6, 6.07) is 6.76. The van der Waals surface area contributed by atoms with Gasteiger partial charge in [0.25, 0.3) is 5.91 Å². The Morgan fingerprint density at radius 3 is 2.65 bits per heavy atom. The number of hydrogen-bond acceptors (Lipinski definition) is 3. The molecule has 3 amide bonds. The van der Waals surface area contributed by atoms with Crippen LogP contribution in [0.4, 0.5) is 4.79 Å². The summed E-state index contributed by atoms with van der Waals surface area (Å²) in [4.78, 5) is 23.2. The van der Waals surface area contributed by atoms with Crippen LogP contribution in [-0.2, 0) is 11.3 Å². The lowest BCUT2D eigenvalue weighted by atomic mass is 9.57. The van der Waals surface area contributed by atoms with E-state index in [9.17, 15) is 9.59 Å². The largest absolute Gasteiger partial charge is 0.377 e. The lowest BCUT2D eigenvalue weighted by Crippen LogP contribution is -2.66. The SMILES string of the molecule is CC1(C)C(NC(=O)c2ccc(CNC(N)=O)cc2)C2CCOC21. The molecule has 1 saturated heterocycles. The summed E-state index contributed by atoms with van der Waals surface area (Å²) in [7, 11) is 0. The number of amides is 3. The smallest absolute Gasteiger partial charge is 0.312 e. The Balaban J connectivity index is 1.61. The second-order valence-corrected chi connectivity index (χ2v) is 6.93. The van der Waals surface area contributed by atoms with E-state index in [0.29, 0.717) is 18.0 Å². The van der Waals surface area contributed by atoms with Crippen LogP contribution < -0.4 is 16.4 Å². The minimum atomic E-state index is -0.563. The molecule has 1 aliphatic heterocycles. The van der Waals surface area contributed by atoms with Crippen LogP contribution in [0.3, 0.4) is 0 Å². The zero-order chi connectivity index (χ0) is 16.6. The molecule has 2 fully saturated rings. The van der Waals surface area contributed by atoms with E-state index >= 15 is 0 Å². The Bertz CT molecular complexity index is 612. The second-order valence-electron chi connectivity index (χ2n) is 6.93. The standard InChI is InChI=1S/C17H23N3O3/c1-17(2)13(12-7-8-23-14(12)17)20-15(21)11-5-3-10(4-6-11)9-19-16(18)22/h3-6,12-14H,7-9H2,1-2H3,(H,20,21)(H3,18,19,22). The molecule has 1 aliphatic carbocycles. The van der Waals surface area contributed by atoms with Gasteiger partial charge < -0.3 is 21.1 Å². The molecule has 6 nitrogen and oxygen atoms in total. The highest BCUT2D eigenvalue weighted by atomic mass is 16.5. The fourth-order valence-electron chi connectivity index (χ4n) is 3.80. The summed E-state index contributed by atoms with van der Waals surface area (Å²) >= 11 is 0. The molecule has 1 heterocycles. The number of rotatable bonds is 4. The van der Waals surface area contributed by atoms with E-state index in [4.69, 9.17) is 10.5 Å². The topological polar surface area (TPSA) is 93.5 Å². The highest BCUT2D eigenvalue weighted by Gasteiger charge is 2.59. The van der Waals surface area contributed by atoms with Gasteiger partial charge in [0, 0.05) is 36.1 Å². The van der Waals surface area contributed by atoms with Crippen molar-refractivity contribution in [3.8, 4) is 0 Å². The molecule has 1 aromatic carbocycles. The molecule has 1 saturated carbocycles. The van der Waals surface area contributed by atoms with E-state index in [1.54, 1.807) is 12.1 Å². The first kappa shape index (κ1) is 15.8. The summed E-state index contributed by atoms with van der Waals surface area (Å²) in [5.74, 6) is 0.357. The fourth-order valence-corrected chi connectivity index (χ4v) is 3.80. The van der Waals surface area contributed by atoms with Gasteiger partial charge in [-0.05, 0) is 24.1 Å². The number of carbonyl (C=O) groups excluding carboxylic acids is 2. The molecule has 4 N–H and O–H groups in total. The van der Waals surface area contributed by atoms with Gasteiger partial charge in [-0.25, -0.2) is 4.79 Å². The lowest BCUT2D eigenvalue weighted by molar-refractivity contribution is -0.108. The Labute approximate surface area is 135 Å². The highest BCUT2D eigenvalue weighted by Crippen LogP contribution is 2.52. The first-order valence-electron chi connectivity index (χ1n) is 7.94. The quantitative estimate of drug-likeness (QED) is 0.783.